The first-order valence-corrected chi connectivity index (χ1v) is 4.55. The standard InChI is InChI=1S/C11H12N2O/c1-2-11(14)13-10-4-3-8-6-12-7-9(8)5-10/h2-5,12H,1,6-7H2,(H,13,14). The van der Waals surface area contributed by atoms with Gasteiger partial charge in [0.05, 0.1) is 0 Å². The molecular formula is C11H12N2O. The number of fused-ring (bicyclic) bond motifs is 1. The quantitative estimate of drug-likeness (QED) is 0.689. The van der Waals surface area contributed by atoms with E-state index in [1.54, 1.807) is 0 Å². The molecule has 1 aromatic carbocycles. The van der Waals surface area contributed by atoms with Crippen molar-refractivity contribution in [1.29, 1.82) is 0 Å². The molecular weight excluding hydrogens is 176 g/mol. The van der Waals surface area contributed by atoms with E-state index in [1.807, 2.05) is 18.2 Å². The predicted molar refractivity (Wildman–Crippen MR) is 55.8 cm³/mol. The third kappa shape index (κ3) is 1.67. The van der Waals surface area contributed by atoms with Crippen LogP contribution in [0.25, 0.3) is 0 Å². The van der Waals surface area contributed by atoms with Crippen molar-refractivity contribution in [3.8, 4) is 0 Å². The normalized spacial score (nSPS) is 13.4. The highest BCUT2D eigenvalue weighted by molar-refractivity contribution is 5.98. The van der Waals surface area contributed by atoms with E-state index in [9.17, 15) is 4.79 Å². The van der Waals surface area contributed by atoms with Gasteiger partial charge >= 0.3 is 0 Å². The summed E-state index contributed by atoms with van der Waals surface area (Å²) >= 11 is 0. The van der Waals surface area contributed by atoms with E-state index in [4.69, 9.17) is 0 Å². The Bertz CT molecular complexity index is 385. The predicted octanol–water partition coefficient (Wildman–Crippen LogP) is 1.41. The van der Waals surface area contributed by atoms with Gasteiger partial charge in [0, 0.05) is 18.8 Å². The van der Waals surface area contributed by atoms with Crippen molar-refractivity contribution in [1.82, 2.24) is 5.32 Å². The first-order chi connectivity index (χ1) is 6.79. The third-order valence-corrected chi connectivity index (χ3v) is 2.29. The molecule has 0 saturated carbocycles. The molecule has 0 unspecified atom stereocenters. The van der Waals surface area contributed by atoms with Crippen molar-refractivity contribution in [2.45, 2.75) is 13.1 Å². The fraction of sp³-hybridized carbons (Fsp3) is 0.182. The summed E-state index contributed by atoms with van der Waals surface area (Å²) in [5.74, 6) is -0.170. The molecule has 1 aliphatic heterocycles. The fourth-order valence-corrected chi connectivity index (χ4v) is 1.57. The molecule has 0 spiro atoms. The van der Waals surface area contributed by atoms with E-state index in [0.717, 1.165) is 18.8 Å². The first-order valence-electron chi connectivity index (χ1n) is 4.55. The van der Waals surface area contributed by atoms with Crippen LogP contribution in [-0.2, 0) is 17.9 Å². The molecule has 0 atom stereocenters. The molecule has 72 valence electrons. The topological polar surface area (TPSA) is 41.1 Å². The molecule has 0 saturated heterocycles. The van der Waals surface area contributed by atoms with Crippen LogP contribution in [0.1, 0.15) is 11.1 Å². The van der Waals surface area contributed by atoms with E-state index in [1.165, 1.54) is 17.2 Å². The van der Waals surface area contributed by atoms with Gasteiger partial charge in [0.2, 0.25) is 5.91 Å². The molecule has 3 nitrogen and oxygen atoms in total. The summed E-state index contributed by atoms with van der Waals surface area (Å²) in [4.78, 5) is 11.0. The Morgan fingerprint density at radius 2 is 2.21 bits per heavy atom. The summed E-state index contributed by atoms with van der Waals surface area (Å²) in [7, 11) is 0. The summed E-state index contributed by atoms with van der Waals surface area (Å²) in [5, 5.41) is 5.99. The van der Waals surface area contributed by atoms with Crippen LogP contribution in [-0.4, -0.2) is 5.91 Å². The van der Waals surface area contributed by atoms with E-state index in [0.29, 0.717) is 0 Å². The maximum atomic E-state index is 11.0. The molecule has 1 aliphatic rings. The average molecular weight is 188 g/mol. The molecule has 0 radical (unpaired) electrons. The van der Waals surface area contributed by atoms with Crippen molar-refractivity contribution in [2.24, 2.45) is 0 Å². The Hall–Kier alpha value is -1.61. The summed E-state index contributed by atoms with van der Waals surface area (Å²) < 4.78 is 0. The van der Waals surface area contributed by atoms with E-state index < -0.39 is 0 Å². The summed E-state index contributed by atoms with van der Waals surface area (Å²) in [6.45, 7) is 5.21. The highest BCUT2D eigenvalue weighted by atomic mass is 16.1. The van der Waals surface area contributed by atoms with Gasteiger partial charge in [-0.15, -0.1) is 0 Å². The zero-order chi connectivity index (χ0) is 9.97. The molecule has 1 amide bonds. The van der Waals surface area contributed by atoms with Gasteiger partial charge in [0.15, 0.2) is 0 Å². The van der Waals surface area contributed by atoms with Crippen molar-refractivity contribution < 1.29 is 4.79 Å². The Balaban J connectivity index is 2.20. The fourth-order valence-electron chi connectivity index (χ4n) is 1.57. The molecule has 1 heterocycles. The zero-order valence-electron chi connectivity index (χ0n) is 7.84. The van der Waals surface area contributed by atoms with Crippen molar-refractivity contribution >= 4 is 11.6 Å². The smallest absolute Gasteiger partial charge is 0.247 e. The zero-order valence-corrected chi connectivity index (χ0v) is 7.84. The monoisotopic (exact) mass is 188 g/mol. The first kappa shape index (κ1) is 8.97. The Morgan fingerprint density at radius 3 is 3.00 bits per heavy atom. The maximum absolute atomic E-state index is 11.0. The van der Waals surface area contributed by atoms with Crippen LogP contribution < -0.4 is 10.6 Å². The van der Waals surface area contributed by atoms with E-state index in [2.05, 4.69) is 17.2 Å². The molecule has 14 heavy (non-hydrogen) atoms. The Kier molecular flexibility index (Phi) is 2.33. The molecule has 0 fully saturated rings. The van der Waals surface area contributed by atoms with Gasteiger partial charge in [-0.05, 0) is 29.3 Å². The number of amides is 1. The van der Waals surface area contributed by atoms with Gasteiger partial charge < -0.3 is 10.6 Å². The minimum atomic E-state index is -0.170. The van der Waals surface area contributed by atoms with Gasteiger partial charge in [0.25, 0.3) is 0 Å². The van der Waals surface area contributed by atoms with Gasteiger partial charge in [-0.25, -0.2) is 0 Å². The molecule has 0 aromatic heterocycles. The van der Waals surface area contributed by atoms with Crippen molar-refractivity contribution in [3.05, 3.63) is 42.0 Å². The lowest BCUT2D eigenvalue weighted by Crippen LogP contribution is -2.07. The highest BCUT2D eigenvalue weighted by Gasteiger charge is 2.10. The van der Waals surface area contributed by atoms with Crippen LogP contribution in [0.15, 0.2) is 30.9 Å². The van der Waals surface area contributed by atoms with Crippen LogP contribution in [0.4, 0.5) is 5.69 Å². The number of benzene rings is 1. The van der Waals surface area contributed by atoms with Crippen LogP contribution >= 0.6 is 0 Å². The lowest BCUT2D eigenvalue weighted by Gasteiger charge is -2.04. The lowest BCUT2D eigenvalue weighted by molar-refractivity contribution is -0.111. The number of carbonyl (C=O) groups is 1. The number of carbonyl (C=O) groups excluding carboxylic acids is 1. The average Bonchev–Trinajstić information content (AvgIpc) is 2.64. The van der Waals surface area contributed by atoms with Gasteiger partial charge in [0.1, 0.15) is 0 Å². The number of anilines is 1. The second-order valence-corrected chi connectivity index (χ2v) is 3.28. The SMILES string of the molecule is C=CC(=O)Nc1ccc2c(c1)CNC2. The molecule has 0 bridgehead atoms. The number of hydrogen-bond donors (Lipinski definition) is 2. The number of nitrogens with one attached hydrogen (secondary N) is 2. The van der Waals surface area contributed by atoms with Crippen LogP contribution in [0.3, 0.4) is 0 Å². The van der Waals surface area contributed by atoms with Crippen LogP contribution in [0, 0.1) is 0 Å². The van der Waals surface area contributed by atoms with Crippen molar-refractivity contribution in [3.63, 3.8) is 0 Å². The summed E-state index contributed by atoms with van der Waals surface area (Å²) in [6, 6.07) is 5.94. The number of hydrogen-bond acceptors (Lipinski definition) is 2. The number of rotatable bonds is 2. The van der Waals surface area contributed by atoms with Crippen LogP contribution in [0.5, 0.6) is 0 Å². The van der Waals surface area contributed by atoms with E-state index in [-0.39, 0.29) is 5.91 Å². The third-order valence-electron chi connectivity index (χ3n) is 2.29. The van der Waals surface area contributed by atoms with Gasteiger partial charge in [-0.3, -0.25) is 4.79 Å². The van der Waals surface area contributed by atoms with Crippen LogP contribution in [0.2, 0.25) is 0 Å². The minimum Gasteiger partial charge on any atom is -0.323 e. The Labute approximate surface area is 82.8 Å². The molecule has 0 aliphatic carbocycles. The van der Waals surface area contributed by atoms with Gasteiger partial charge in [-0.1, -0.05) is 12.6 Å². The second kappa shape index (κ2) is 3.64. The highest BCUT2D eigenvalue weighted by Crippen LogP contribution is 2.19. The second-order valence-electron chi connectivity index (χ2n) is 3.28. The molecule has 2 N–H and O–H groups in total. The molecule has 2 rings (SSSR count). The van der Waals surface area contributed by atoms with Crippen molar-refractivity contribution in [2.75, 3.05) is 5.32 Å². The summed E-state index contributed by atoms with van der Waals surface area (Å²) in [5.41, 5.74) is 3.39. The lowest BCUT2D eigenvalue weighted by atomic mass is 10.1. The Morgan fingerprint density at radius 1 is 1.43 bits per heavy atom. The minimum absolute atomic E-state index is 0.170. The molecule has 1 aromatic rings. The van der Waals surface area contributed by atoms with Gasteiger partial charge in [-0.2, -0.15) is 0 Å². The largest absolute Gasteiger partial charge is 0.323 e. The van der Waals surface area contributed by atoms with E-state index >= 15 is 0 Å². The molecule has 3 heteroatoms. The maximum Gasteiger partial charge on any atom is 0.247 e. The summed E-state index contributed by atoms with van der Waals surface area (Å²) in [6.07, 6.45) is 1.27.